The van der Waals surface area contributed by atoms with Gasteiger partial charge in [-0.3, -0.25) is 14.2 Å². The zero-order chi connectivity index (χ0) is 30.2. The number of allylic oxidation sites excluding steroid dienone is 1. The summed E-state index contributed by atoms with van der Waals surface area (Å²) in [5, 5.41) is 6.48. The van der Waals surface area contributed by atoms with Gasteiger partial charge in [0.25, 0.3) is 11.5 Å². The van der Waals surface area contributed by atoms with Gasteiger partial charge in [-0.05, 0) is 64.8 Å². The normalized spacial score (nSPS) is 17.7. The number of thiazole rings is 1. The number of amides is 1. The topological polar surface area (TPSA) is 76.5 Å². The van der Waals surface area contributed by atoms with Crippen LogP contribution in [0.2, 0.25) is 5.02 Å². The Morgan fingerprint density at radius 3 is 2.51 bits per heavy atom. The van der Waals surface area contributed by atoms with E-state index in [0.29, 0.717) is 58.0 Å². The first kappa shape index (κ1) is 29.4. The molecule has 2 aliphatic rings. The summed E-state index contributed by atoms with van der Waals surface area (Å²) in [6, 6.07) is 15.7. The molecule has 2 fully saturated rings. The number of aryl methyl sites for hydroxylation is 1. The highest BCUT2D eigenvalue weighted by Crippen LogP contribution is 2.33. The fraction of sp³-hybridized carbons (Fsp3) is 0.324. The first-order valence-electron chi connectivity index (χ1n) is 14.7. The van der Waals surface area contributed by atoms with Crippen LogP contribution in [0.5, 0.6) is 5.75 Å². The second kappa shape index (κ2) is 12.1. The van der Waals surface area contributed by atoms with Crippen molar-refractivity contribution in [1.82, 2.24) is 19.8 Å². The van der Waals surface area contributed by atoms with Crippen LogP contribution < -0.4 is 15.6 Å². The van der Waals surface area contributed by atoms with Crippen LogP contribution in [0.1, 0.15) is 55.2 Å². The predicted octanol–water partition coefficient (Wildman–Crippen LogP) is 6.99. The Morgan fingerprint density at radius 2 is 1.84 bits per heavy atom. The van der Waals surface area contributed by atoms with Crippen LogP contribution in [0, 0.1) is 6.92 Å². The van der Waals surface area contributed by atoms with E-state index in [1.807, 2.05) is 68.3 Å². The molecule has 2 bridgehead atoms. The minimum Gasteiger partial charge on any atom is -0.494 e. The maximum atomic E-state index is 14.5. The van der Waals surface area contributed by atoms with Gasteiger partial charge < -0.3 is 15.0 Å². The molecule has 0 radical (unpaired) electrons. The van der Waals surface area contributed by atoms with Crippen LogP contribution in [-0.2, 0) is 0 Å². The number of halogens is 1. The SMILES string of the molecule is CCOc1ccc(Cl)c(-n2c(C=C(C)C)c(C(=O)N3CC4CCC(C3)N4)cc(-c3nc(-c4ccc(C)cc4)cs3)c2=O)c1. The number of piperazine rings is 1. The van der Waals surface area contributed by atoms with Crippen LogP contribution >= 0.6 is 22.9 Å². The third-order valence-electron chi connectivity index (χ3n) is 7.95. The zero-order valence-corrected chi connectivity index (χ0v) is 26.4. The van der Waals surface area contributed by atoms with E-state index in [-0.39, 0.29) is 23.6 Å². The largest absolute Gasteiger partial charge is 0.494 e. The van der Waals surface area contributed by atoms with Gasteiger partial charge in [-0.2, -0.15) is 0 Å². The predicted molar refractivity (Wildman–Crippen MR) is 175 cm³/mol. The third-order valence-corrected chi connectivity index (χ3v) is 9.15. The van der Waals surface area contributed by atoms with Crippen LogP contribution in [0.15, 0.2) is 64.3 Å². The lowest BCUT2D eigenvalue weighted by Crippen LogP contribution is -2.53. The number of pyridine rings is 1. The minimum absolute atomic E-state index is 0.103. The van der Waals surface area contributed by atoms with E-state index in [1.54, 1.807) is 28.8 Å². The Kier molecular flexibility index (Phi) is 8.27. The van der Waals surface area contributed by atoms with Crippen molar-refractivity contribution in [1.29, 1.82) is 0 Å². The van der Waals surface area contributed by atoms with Crippen molar-refractivity contribution >= 4 is 34.9 Å². The van der Waals surface area contributed by atoms with Crippen molar-refractivity contribution in [2.45, 2.75) is 52.6 Å². The van der Waals surface area contributed by atoms with Crippen LogP contribution in [0.25, 0.3) is 33.6 Å². The highest BCUT2D eigenvalue weighted by atomic mass is 35.5. The summed E-state index contributed by atoms with van der Waals surface area (Å²) in [5.74, 6) is 0.484. The number of carbonyl (C=O) groups is 1. The van der Waals surface area contributed by atoms with Crippen LogP contribution in [0.4, 0.5) is 0 Å². The Labute approximate surface area is 260 Å². The van der Waals surface area contributed by atoms with Crippen molar-refractivity contribution in [3.05, 3.63) is 91.7 Å². The molecule has 4 heterocycles. The quantitative estimate of drug-likeness (QED) is 0.243. The molecular formula is C34H35ClN4O3S. The summed E-state index contributed by atoms with van der Waals surface area (Å²) in [6.45, 7) is 9.58. The number of fused-ring (bicyclic) bond motifs is 2. The Balaban J connectivity index is 1.58. The number of hydrogen-bond donors (Lipinski definition) is 1. The van der Waals surface area contributed by atoms with Gasteiger partial charge in [0.1, 0.15) is 10.8 Å². The molecule has 1 N–H and O–H groups in total. The number of nitrogens with one attached hydrogen (secondary N) is 1. The maximum Gasteiger partial charge on any atom is 0.265 e. The fourth-order valence-corrected chi connectivity index (χ4v) is 6.96. The standard InChI is InChI=1S/C34H35ClN4O3S/c1-5-42-25-12-13-28(35)31(15-25)39-30(14-20(2)3)26(33(40)38-17-23-10-11-24(18-38)36-23)16-27(34(39)41)32-37-29(19-43-32)22-8-6-21(4)7-9-22/h6-9,12-16,19,23-24,36H,5,10-11,17-18H2,1-4H3. The van der Waals surface area contributed by atoms with E-state index >= 15 is 0 Å². The number of hydrogen-bond acceptors (Lipinski definition) is 6. The molecule has 0 spiro atoms. The van der Waals surface area contributed by atoms with Crippen molar-refractivity contribution in [3.63, 3.8) is 0 Å². The highest BCUT2D eigenvalue weighted by Gasteiger charge is 2.36. The molecule has 0 saturated carbocycles. The Bertz CT molecular complexity index is 1760. The Morgan fingerprint density at radius 1 is 1.12 bits per heavy atom. The number of nitrogens with zero attached hydrogens (tertiary/aromatic N) is 3. The molecule has 1 amide bonds. The average molecular weight is 615 g/mol. The van der Waals surface area contributed by atoms with Crippen molar-refractivity contribution in [2.24, 2.45) is 0 Å². The molecule has 2 aliphatic heterocycles. The molecule has 2 saturated heterocycles. The summed E-state index contributed by atoms with van der Waals surface area (Å²) < 4.78 is 7.34. The number of ether oxygens (including phenoxy) is 1. The monoisotopic (exact) mass is 614 g/mol. The highest BCUT2D eigenvalue weighted by molar-refractivity contribution is 7.13. The molecule has 4 aromatic rings. The van der Waals surface area contributed by atoms with E-state index in [0.717, 1.165) is 35.2 Å². The van der Waals surface area contributed by atoms with E-state index < -0.39 is 0 Å². The number of likely N-dealkylation sites (tertiary alicyclic amines) is 1. The van der Waals surface area contributed by atoms with Gasteiger partial charge in [0.05, 0.1) is 39.8 Å². The fourth-order valence-electron chi connectivity index (χ4n) is 5.92. The minimum atomic E-state index is -0.301. The molecule has 0 aliphatic carbocycles. The molecule has 9 heteroatoms. The van der Waals surface area contributed by atoms with Crippen molar-refractivity contribution in [3.8, 4) is 33.3 Å². The summed E-state index contributed by atoms with van der Waals surface area (Å²) in [4.78, 5) is 35.7. The van der Waals surface area contributed by atoms with Gasteiger partial charge in [0, 0.05) is 42.2 Å². The molecule has 2 unspecified atom stereocenters. The first-order chi connectivity index (χ1) is 20.7. The van der Waals surface area contributed by atoms with Gasteiger partial charge in [-0.1, -0.05) is 47.0 Å². The summed E-state index contributed by atoms with van der Waals surface area (Å²) in [5.41, 5.74) is 5.31. The lowest BCUT2D eigenvalue weighted by molar-refractivity contribution is 0.0696. The molecule has 7 nitrogen and oxygen atoms in total. The van der Waals surface area contributed by atoms with Gasteiger partial charge in [0.15, 0.2) is 0 Å². The van der Waals surface area contributed by atoms with E-state index in [9.17, 15) is 9.59 Å². The molecule has 2 aromatic heterocycles. The lowest BCUT2D eigenvalue weighted by Gasteiger charge is -2.33. The Hall–Kier alpha value is -3.72. The van der Waals surface area contributed by atoms with E-state index in [2.05, 4.69) is 5.32 Å². The summed E-state index contributed by atoms with van der Waals surface area (Å²) in [6.07, 6.45) is 4.00. The molecule has 2 aromatic carbocycles. The van der Waals surface area contributed by atoms with Crippen LogP contribution in [-0.4, -0.2) is 52.1 Å². The summed E-state index contributed by atoms with van der Waals surface area (Å²) in [7, 11) is 0. The second-order valence-corrected chi connectivity index (χ2v) is 12.8. The first-order valence-corrected chi connectivity index (χ1v) is 15.9. The maximum absolute atomic E-state index is 14.5. The van der Waals surface area contributed by atoms with Gasteiger partial charge in [-0.15, -0.1) is 11.3 Å². The molecule has 222 valence electrons. The van der Waals surface area contributed by atoms with Crippen LogP contribution in [0.3, 0.4) is 0 Å². The molecule has 2 atom stereocenters. The van der Waals surface area contributed by atoms with E-state index in [4.69, 9.17) is 21.3 Å². The smallest absolute Gasteiger partial charge is 0.265 e. The van der Waals surface area contributed by atoms with Gasteiger partial charge >= 0.3 is 0 Å². The number of aromatic nitrogens is 2. The van der Waals surface area contributed by atoms with Crippen molar-refractivity contribution < 1.29 is 9.53 Å². The zero-order valence-electron chi connectivity index (χ0n) is 24.8. The average Bonchev–Trinajstić information content (AvgIpc) is 3.60. The second-order valence-electron chi connectivity index (χ2n) is 11.5. The number of carbonyl (C=O) groups excluding carboxylic acids is 1. The number of benzene rings is 2. The van der Waals surface area contributed by atoms with E-state index in [1.165, 1.54) is 11.3 Å². The third kappa shape index (κ3) is 5.92. The van der Waals surface area contributed by atoms with Gasteiger partial charge in [-0.25, -0.2) is 4.98 Å². The molecule has 6 rings (SSSR count). The summed E-state index contributed by atoms with van der Waals surface area (Å²) >= 11 is 8.17. The lowest BCUT2D eigenvalue weighted by atomic mass is 10.0. The van der Waals surface area contributed by atoms with Crippen molar-refractivity contribution in [2.75, 3.05) is 19.7 Å². The molecule has 43 heavy (non-hydrogen) atoms. The number of rotatable bonds is 7. The van der Waals surface area contributed by atoms with Gasteiger partial charge in [0.2, 0.25) is 0 Å². The molecular weight excluding hydrogens is 580 g/mol.